The summed E-state index contributed by atoms with van der Waals surface area (Å²) in [6, 6.07) is 7.63. The predicted molar refractivity (Wildman–Crippen MR) is 112 cm³/mol. The minimum atomic E-state index is -0.279. The summed E-state index contributed by atoms with van der Waals surface area (Å²) in [7, 11) is 0. The van der Waals surface area contributed by atoms with Crippen LogP contribution in [0, 0.1) is 6.92 Å². The highest BCUT2D eigenvalue weighted by atomic mass is 16.2. The van der Waals surface area contributed by atoms with Gasteiger partial charge in [-0.2, -0.15) is 10.1 Å². The Kier molecular flexibility index (Phi) is 4.64. The molecule has 0 atom stereocenters. The van der Waals surface area contributed by atoms with Gasteiger partial charge in [0, 0.05) is 31.7 Å². The maximum atomic E-state index is 12.7. The quantitative estimate of drug-likeness (QED) is 0.720. The summed E-state index contributed by atoms with van der Waals surface area (Å²) in [4.78, 5) is 36.7. The molecule has 152 valence electrons. The molecular formula is C21H26N6O2. The maximum absolute atomic E-state index is 12.7. The summed E-state index contributed by atoms with van der Waals surface area (Å²) in [5.41, 5.74) is 1.93. The highest BCUT2D eigenvalue weighted by molar-refractivity contribution is 5.94. The molecule has 1 saturated heterocycles. The highest BCUT2D eigenvalue weighted by Crippen LogP contribution is 2.20. The molecule has 1 aliphatic heterocycles. The van der Waals surface area contributed by atoms with Gasteiger partial charge < -0.3 is 9.80 Å². The second kappa shape index (κ2) is 7.02. The number of nitrogens with zero attached hydrogens (tertiary/aromatic N) is 5. The molecule has 0 spiro atoms. The van der Waals surface area contributed by atoms with Crippen LogP contribution < -0.4 is 10.5 Å². The van der Waals surface area contributed by atoms with Crippen LogP contribution in [0.4, 0.5) is 5.95 Å². The van der Waals surface area contributed by atoms with Crippen LogP contribution in [-0.4, -0.2) is 56.7 Å². The number of carbonyl (C=O) groups excluding carboxylic acids is 1. The van der Waals surface area contributed by atoms with E-state index in [9.17, 15) is 9.59 Å². The molecule has 0 radical (unpaired) electrons. The molecular weight excluding hydrogens is 368 g/mol. The van der Waals surface area contributed by atoms with Crippen LogP contribution in [0.1, 0.15) is 36.7 Å². The van der Waals surface area contributed by atoms with E-state index < -0.39 is 0 Å². The van der Waals surface area contributed by atoms with Crippen LogP contribution in [0.25, 0.3) is 11.0 Å². The molecule has 3 aromatic rings. The number of aryl methyl sites for hydroxylation is 1. The van der Waals surface area contributed by atoms with E-state index in [0.29, 0.717) is 48.7 Å². The van der Waals surface area contributed by atoms with Crippen molar-refractivity contribution < 1.29 is 4.79 Å². The molecule has 8 nitrogen and oxygen atoms in total. The smallest absolute Gasteiger partial charge is 0.263 e. The number of anilines is 1. The first-order chi connectivity index (χ1) is 13.7. The van der Waals surface area contributed by atoms with E-state index in [2.05, 4.69) is 10.1 Å². The molecule has 3 heterocycles. The van der Waals surface area contributed by atoms with Crippen molar-refractivity contribution in [2.75, 3.05) is 31.1 Å². The zero-order chi connectivity index (χ0) is 20.8. The first-order valence-electron chi connectivity index (χ1n) is 9.83. The second-order valence-corrected chi connectivity index (χ2v) is 8.50. The van der Waals surface area contributed by atoms with Crippen LogP contribution in [0.3, 0.4) is 0 Å². The van der Waals surface area contributed by atoms with Crippen LogP contribution in [-0.2, 0) is 5.54 Å². The normalized spacial score (nSPS) is 15.2. The van der Waals surface area contributed by atoms with Gasteiger partial charge in [0.15, 0.2) is 5.65 Å². The molecule has 0 saturated carbocycles. The van der Waals surface area contributed by atoms with Crippen molar-refractivity contribution in [3.8, 4) is 0 Å². The number of rotatable bonds is 2. The van der Waals surface area contributed by atoms with Gasteiger partial charge in [0.1, 0.15) is 5.39 Å². The number of amides is 1. The van der Waals surface area contributed by atoms with E-state index in [0.717, 1.165) is 5.56 Å². The number of aromatic nitrogens is 4. The fraction of sp³-hybridized carbons (Fsp3) is 0.429. The lowest BCUT2D eigenvalue weighted by atomic mass is 10.1. The Morgan fingerprint density at radius 1 is 1.07 bits per heavy atom. The van der Waals surface area contributed by atoms with Gasteiger partial charge in [0.2, 0.25) is 5.95 Å². The second-order valence-electron chi connectivity index (χ2n) is 8.50. The van der Waals surface area contributed by atoms with Crippen molar-refractivity contribution in [3.63, 3.8) is 0 Å². The Morgan fingerprint density at radius 2 is 1.72 bits per heavy atom. The topological polar surface area (TPSA) is 87.1 Å². The van der Waals surface area contributed by atoms with Gasteiger partial charge in [-0.3, -0.25) is 14.6 Å². The summed E-state index contributed by atoms with van der Waals surface area (Å²) in [6.07, 6.45) is 1.56. The van der Waals surface area contributed by atoms with Gasteiger partial charge in [0.05, 0.1) is 11.7 Å². The van der Waals surface area contributed by atoms with Crippen molar-refractivity contribution in [2.24, 2.45) is 0 Å². The average Bonchev–Trinajstić information content (AvgIpc) is 3.13. The Bertz CT molecular complexity index is 1100. The number of fused-ring (bicyclic) bond motifs is 1. The number of hydrogen-bond acceptors (Lipinski definition) is 5. The Morgan fingerprint density at radius 3 is 2.34 bits per heavy atom. The Balaban J connectivity index is 1.54. The zero-order valence-corrected chi connectivity index (χ0v) is 17.3. The zero-order valence-electron chi connectivity index (χ0n) is 17.3. The monoisotopic (exact) mass is 394 g/mol. The third-order valence-corrected chi connectivity index (χ3v) is 5.23. The Hall–Kier alpha value is -3.16. The fourth-order valence-electron chi connectivity index (χ4n) is 3.55. The molecule has 0 aliphatic carbocycles. The average molecular weight is 394 g/mol. The van der Waals surface area contributed by atoms with Gasteiger partial charge in [-0.25, -0.2) is 4.68 Å². The molecule has 0 unspecified atom stereocenters. The molecule has 1 fully saturated rings. The molecule has 29 heavy (non-hydrogen) atoms. The standard InChI is InChI=1S/C21H26N6O2/c1-14-5-7-15(8-6-14)19(29)25-9-11-26(12-10-25)20-23-17-16(18(28)24-20)13-22-27(17)21(2,3)4/h5-8,13H,9-12H2,1-4H3,(H,23,24,28). The SMILES string of the molecule is Cc1ccc(C(=O)N2CCN(c3nc4c(cnn4C(C)(C)C)c(=O)[nH]3)CC2)cc1. The van der Waals surface area contributed by atoms with E-state index in [1.807, 2.05) is 61.8 Å². The lowest BCUT2D eigenvalue weighted by Gasteiger charge is -2.35. The number of carbonyl (C=O) groups is 1. The largest absolute Gasteiger partial charge is 0.339 e. The van der Waals surface area contributed by atoms with Gasteiger partial charge in [-0.1, -0.05) is 17.7 Å². The molecule has 1 aliphatic rings. The highest BCUT2D eigenvalue weighted by Gasteiger charge is 2.25. The van der Waals surface area contributed by atoms with E-state index in [1.54, 1.807) is 10.9 Å². The Labute approximate surface area is 169 Å². The molecule has 1 amide bonds. The van der Waals surface area contributed by atoms with Gasteiger partial charge in [-0.15, -0.1) is 0 Å². The first-order valence-corrected chi connectivity index (χ1v) is 9.83. The van der Waals surface area contributed by atoms with E-state index in [1.165, 1.54) is 0 Å². The maximum Gasteiger partial charge on any atom is 0.263 e. The van der Waals surface area contributed by atoms with Gasteiger partial charge in [-0.05, 0) is 39.8 Å². The van der Waals surface area contributed by atoms with Crippen molar-refractivity contribution in [1.29, 1.82) is 0 Å². The van der Waals surface area contributed by atoms with Crippen LogP contribution >= 0.6 is 0 Å². The minimum absolute atomic E-state index is 0.0346. The molecule has 1 N–H and O–H groups in total. The van der Waals surface area contributed by atoms with Crippen molar-refractivity contribution in [2.45, 2.75) is 33.2 Å². The summed E-state index contributed by atoms with van der Waals surface area (Å²) >= 11 is 0. The van der Waals surface area contributed by atoms with Crippen molar-refractivity contribution in [1.82, 2.24) is 24.6 Å². The van der Waals surface area contributed by atoms with E-state index in [-0.39, 0.29) is 17.0 Å². The van der Waals surface area contributed by atoms with Crippen LogP contribution in [0.2, 0.25) is 0 Å². The molecule has 1 aromatic carbocycles. The van der Waals surface area contributed by atoms with Crippen LogP contribution in [0.5, 0.6) is 0 Å². The number of piperazine rings is 1. The molecule has 0 bridgehead atoms. The van der Waals surface area contributed by atoms with Gasteiger partial charge in [0.25, 0.3) is 11.5 Å². The number of aromatic amines is 1. The fourth-order valence-corrected chi connectivity index (χ4v) is 3.55. The summed E-state index contributed by atoms with van der Waals surface area (Å²) in [5, 5.41) is 4.83. The third-order valence-electron chi connectivity index (χ3n) is 5.23. The number of H-pyrrole nitrogens is 1. The molecule has 4 rings (SSSR count). The first kappa shape index (κ1) is 19.2. The summed E-state index contributed by atoms with van der Waals surface area (Å²) in [6.45, 7) is 10.4. The lowest BCUT2D eigenvalue weighted by Crippen LogP contribution is -2.49. The summed E-state index contributed by atoms with van der Waals surface area (Å²) in [5.74, 6) is 0.559. The number of hydrogen-bond donors (Lipinski definition) is 1. The number of benzene rings is 1. The van der Waals surface area contributed by atoms with Crippen molar-refractivity contribution >= 4 is 22.9 Å². The van der Waals surface area contributed by atoms with Gasteiger partial charge >= 0.3 is 0 Å². The summed E-state index contributed by atoms with van der Waals surface area (Å²) < 4.78 is 1.78. The van der Waals surface area contributed by atoms with E-state index >= 15 is 0 Å². The molecule has 8 heteroatoms. The lowest BCUT2D eigenvalue weighted by molar-refractivity contribution is 0.0746. The van der Waals surface area contributed by atoms with Crippen molar-refractivity contribution in [3.05, 3.63) is 51.9 Å². The minimum Gasteiger partial charge on any atom is -0.339 e. The molecule has 2 aromatic heterocycles. The predicted octanol–water partition coefficient (Wildman–Crippen LogP) is 2.15. The number of nitrogens with one attached hydrogen (secondary N) is 1. The van der Waals surface area contributed by atoms with Crippen LogP contribution in [0.15, 0.2) is 35.3 Å². The third kappa shape index (κ3) is 3.62. The van der Waals surface area contributed by atoms with E-state index in [4.69, 9.17) is 4.98 Å².